The number of rotatable bonds is 7. The lowest BCUT2D eigenvalue weighted by Gasteiger charge is -2.24. The van der Waals surface area contributed by atoms with Gasteiger partial charge in [0.2, 0.25) is 10.0 Å². The summed E-state index contributed by atoms with van der Waals surface area (Å²) < 4.78 is 69.5. The zero-order valence-electron chi connectivity index (χ0n) is 14.7. The van der Waals surface area contributed by atoms with Crippen molar-refractivity contribution in [3.05, 3.63) is 59.7 Å². The smallest absolute Gasteiger partial charge is 0.416 e. The number of methoxy groups -OCH3 is 1. The largest absolute Gasteiger partial charge is 0.497 e. The second kappa shape index (κ2) is 7.87. The van der Waals surface area contributed by atoms with Gasteiger partial charge in [0.25, 0.3) is 0 Å². The van der Waals surface area contributed by atoms with Gasteiger partial charge in [-0.05, 0) is 48.9 Å². The zero-order valence-corrected chi connectivity index (χ0v) is 15.6. The number of nitrogens with one attached hydrogen (secondary N) is 1. The molecule has 0 fully saturated rings. The lowest BCUT2D eigenvalue weighted by Crippen LogP contribution is -2.42. The molecule has 9 heteroatoms. The topological polar surface area (TPSA) is 75.6 Å². The standard InChI is InChI=1S/C18H20F3NO4S/c1-17(23,11-13-3-7-15(26-2)8-4-13)12-22-27(24,25)16-9-5-14(6-10-16)18(19,20)21/h3-10,22-23H,11-12H2,1-2H3. The summed E-state index contributed by atoms with van der Waals surface area (Å²) in [6.45, 7) is 1.16. The van der Waals surface area contributed by atoms with Gasteiger partial charge in [-0.15, -0.1) is 0 Å². The third-order valence-corrected chi connectivity index (χ3v) is 5.30. The number of alkyl halides is 3. The highest BCUT2D eigenvalue weighted by molar-refractivity contribution is 7.89. The first kappa shape index (κ1) is 21.2. The van der Waals surface area contributed by atoms with Gasteiger partial charge in [-0.1, -0.05) is 12.1 Å². The van der Waals surface area contributed by atoms with Crippen molar-refractivity contribution in [3.8, 4) is 5.75 Å². The molecule has 0 spiro atoms. The molecule has 2 aromatic carbocycles. The van der Waals surface area contributed by atoms with E-state index in [1.807, 2.05) is 0 Å². The van der Waals surface area contributed by atoms with Gasteiger partial charge in [0.05, 0.1) is 23.2 Å². The van der Waals surface area contributed by atoms with Gasteiger partial charge < -0.3 is 9.84 Å². The van der Waals surface area contributed by atoms with Crippen molar-refractivity contribution in [1.82, 2.24) is 4.72 Å². The SMILES string of the molecule is COc1ccc(CC(C)(O)CNS(=O)(=O)c2ccc(C(F)(F)F)cc2)cc1. The van der Waals surface area contributed by atoms with Gasteiger partial charge >= 0.3 is 6.18 Å². The average molecular weight is 403 g/mol. The Morgan fingerprint density at radius 3 is 2.07 bits per heavy atom. The van der Waals surface area contributed by atoms with Crippen LogP contribution in [0.5, 0.6) is 5.75 Å². The molecule has 148 valence electrons. The van der Waals surface area contributed by atoms with Crippen molar-refractivity contribution in [2.24, 2.45) is 0 Å². The van der Waals surface area contributed by atoms with E-state index in [-0.39, 0.29) is 17.9 Å². The van der Waals surface area contributed by atoms with Crippen LogP contribution in [0.25, 0.3) is 0 Å². The number of benzene rings is 2. The number of hydrogen-bond donors (Lipinski definition) is 2. The van der Waals surface area contributed by atoms with Crippen LogP contribution in [0.4, 0.5) is 13.2 Å². The maximum Gasteiger partial charge on any atom is 0.416 e. The summed E-state index contributed by atoms with van der Waals surface area (Å²) in [7, 11) is -2.53. The van der Waals surface area contributed by atoms with Gasteiger partial charge in [-0.3, -0.25) is 0 Å². The summed E-state index contributed by atoms with van der Waals surface area (Å²) in [6.07, 6.45) is -4.37. The van der Waals surface area contributed by atoms with Crippen LogP contribution in [0.3, 0.4) is 0 Å². The normalized spacial score (nSPS) is 14.6. The Bertz CT molecular complexity index is 861. The van der Waals surface area contributed by atoms with Crippen molar-refractivity contribution in [1.29, 1.82) is 0 Å². The van der Waals surface area contributed by atoms with Crippen molar-refractivity contribution < 1.29 is 31.4 Å². The molecule has 0 aliphatic carbocycles. The highest BCUT2D eigenvalue weighted by Gasteiger charge is 2.31. The van der Waals surface area contributed by atoms with Crippen LogP contribution in [-0.4, -0.2) is 32.8 Å². The molecule has 0 radical (unpaired) electrons. The lowest BCUT2D eigenvalue weighted by atomic mass is 9.97. The fourth-order valence-corrected chi connectivity index (χ4v) is 3.56. The van der Waals surface area contributed by atoms with E-state index in [1.165, 1.54) is 14.0 Å². The monoisotopic (exact) mass is 403 g/mol. The van der Waals surface area contributed by atoms with E-state index < -0.39 is 27.4 Å². The maximum atomic E-state index is 12.6. The fraction of sp³-hybridized carbons (Fsp3) is 0.333. The molecule has 0 heterocycles. The first-order valence-corrected chi connectivity index (χ1v) is 9.43. The Morgan fingerprint density at radius 1 is 1.04 bits per heavy atom. The van der Waals surface area contributed by atoms with Crippen LogP contribution in [0.1, 0.15) is 18.1 Å². The minimum absolute atomic E-state index is 0.173. The average Bonchev–Trinajstić information content (AvgIpc) is 2.60. The summed E-state index contributed by atoms with van der Waals surface area (Å²) in [6, 6.07) is 10.1. The highest BCUT2D eigenvalue weighted by atomic mass is 32.2. The number of ether oxygens (including phenoxy) is 1. The molecule has 0 saturated heterocycles. The second-order valence-electron chi connectivity index (χ2n) is 6.37. The van der Waals surface area contributed by atoms with Crippen LogP contribution in [0.2, 0.25) is 0 Å². The predicted molar refractivity (Wildman–Crippen MR) is 94.0 cm³/mol. The quantitative estimate of drug-likeness (QED) is 0.745. The van der Waals surface area contributed by atoms with E-state index in [2.05, 4.69) is 4.72 Å². The summed E-state index contributed by atoms with van der Waals surface area (Å²) in [5, 5.41) is 10.4. The molecule has 1 unspecified atom stereocenters. The Labute approximate surface area is 155 Å². The maximum absolute atomic E-state index is 12.6. The Balaban J connectivity index is 2.04. The molecule has 0 aliphatic heterocycles. The minimum Gasteiger partial charge on any atom is -0.497 e. The summed E-state index contributed by atoms with van der Waals surface area (Å²) in [4.78, 5) is -0.309. The van der Waals surface area contributed by atoms with Crippen molar-refractivity contribution in [2.75, 3.05) is 13.7 Å². The first-order chi connectivity index (χ1) is 12.4. The van der Waals surface area contributed by atoms with Crippen molar-refractivity contribution in [3.63, 3.8) is 0 Å². The van der Waals surface area contributed by atoms with E-state index in [0.717, 1.165) is 17.7 Å². The molecular weight excluding hydrogens is 383 g/mol. The second-order valence-corrected chi connectivity index (χ2v) is 8.14. The number of halogens is 3. The van der Waals surface area contributed by atoms with Crippen LogP contribution in [0, 0.1) is 0 Å². The van der Waals surface area contributed by atoms with Gasteiger partial charge in [0.15, 0.2) is 0 Å². The highest BCUT2D eigenvalue weighted by Crippen LogP contribution is 2.29. The van der Waals surface area contributed by atoms with Gasteiger partial charge in [0, 0.05) is 13.0 Å². The molecule has 2 aromatic rings. The molecule has 0 saturated carbocycles. The van der Waals surface area contributed by atoms with Crippen LogP contribution in [-0.2, 0) is 22.6 Å². The molecule has 27 heavy (non-hydrogen) atoms. The summed E-state index contributed by atoms with van der Waals surface area (Å²) >= 11 is 0. The molecule has 2 rings (SSSR count). The number of hydrogen-bond acceptors (Lipinski definition) is 4. The van der Waals surface area contributed by atoms with Gasteiger partial charge in [-0.2, -0.15) is 13.2 Å². The van der Waals surface area contributed by atoms with Crippen LogP contribution < -0.4 is 9.46 Å². The van der Waals surface area contributed by atoms with Crippen molar-refractivity contribution in [2.45, 2.75) is 30.0 Å². The summed E-state index contributed by atoms with van der Waals surface area (Å²) in [5.74, 6) is 0.654. The molecule has 1 atom stereocenters. The Morgan fingerprint density at radius 2 is 1.59 bits per heavy atom. The third-order valence-electron chi connectivity index (χ3n) is 3.88. The molecule has 0 bridgehead atoms. The zero-order chi connectivity index (χ0) is 20.3. The van der Waals surface area contributed by atoms with E-state index in [9.17, 15) is 26.7 Å². The first-order valence-electron chi connectivity index (χ1n) is 7.95. The Hall–Kier alpha value is -2.10. The summed E-state index contributed by atoms with van der Waals surface area (Å²) in [5.41, 5.74) is -1.56. The molecule has 0 aromatic heterocycles. The van der Waals surface area contributed by atoms with Gasteiger partial charge in [-0.25, -0.2) is 13.1 Å². The lowest BCUT2D eigenvalue weighted by molar-refractivity contribution is -0.137. The number of aliphatic hydroxyl groups is 1. The molecule has 0 aliphatic rings. The fourth-order valence-electron chi connectivity index (χ4n) is 2.40. The molecular formula is C18H20F3NO4S. The van der Waals surface area contributed by atoms with E-state index in [0.29, 0.717) is 17.9 Å². The van der Waals surface area contributed by atoms with E-state index in [1.54, 1.807) is 24.3 Å². The predicted octanol–water partition coefficient (Wildman–Crippen LogP) is 2.99. The minimum atomic E-state index is -4.54. The molecule has 0 amide bonds. The van der Waals surface area contributed by atoms with Crippen LogP contribution >= 0.6 is 0 Å². The Kier molecular flexibility index (Phi) is 6.18. The van der Waals surface area contributed by atoms with E-state index in [4.69, 9.17) is 4.74 Å². The third kappa shape index (κ3) is 5.95. The van der Waals surface area contributed by atoms with Crippen molar-refractivity contribution >= 4 is 10.0 Å². The van der Waals surface area contributed by atoms with E-state index >= 15 is 0 Å². The van der Waals surface area contributed by atoms with Gasteiger partial charge in [0.1, 0.15) is 5.75 Å². The molecule has 2 N–H and O–H groups in total. The number of sulfonamides is 1. The molecule has 5 nitrogen and oxygen atoms in total. The van der Waals surface area contributed by atoms with Crippen LogP contribution in [0.15, 0.2) is 53.4 Å².